The van der Waals surface area contributed by atoms with Crippen molar-refractivity contribution in [2.75, 3.05) is 32.4 Å². The molecule has 0 amide bonds. The number of para-hydroxylation sites is 1. The molecule has 1 saturated heterocycles. The van der Waals surface area contributed by atoms with Crippen molar-refractivity contribution in [2.45, 2.75) is 38.0 Å². The fraction of sp³-hybridized carbons (Fsp3) is 0.611. The van der Waals surface area contributed by atoms with E-state index in [2.05, 4.69) is 10.3 Å². The first-order valence-electron chi connectivity index (χ1n) is 8.79. The summed E-state index contributed by atoms with van der Waals surface area (Å²) in [5, 5.41) is 3.89. The van der Waals surface area contributed by atoms with Crippen molar-refractivity contribution in [1.82, 2.24) is 10.2 Å². The number of ether oxygens (including phenoxy) is 1. The van der Waals surface area contributed by atoms with Crippen LogP contribution in [0.2, 0.25) is 5.02 Å². The second kappa shape index (κ2) is 10.2. The number of aliphatic imine (C=N–C) groups is 1. The van der Waals surface area contributed by atoms with E-state index >= 15 is 0 Å². The number of guanidine groups is 1. The molecular formula is C18H29ClIN3O3S. The molecule has 1 aromatic rings. The summed E-state index contributed by atoms with van der Waals surface area (Å²) >= 11 is 6.16. The maximum atomic E-state index is 12.2. The van der Waals surface area contributed by atoms with E-state index in [1.54, 1.807) is 27.0 Å². The van der Waals surface area contributed by atoms with Crippen molar-refractivity contribution in [2.24, 2.45) is 4.99 Å². The van der Waals surface area contributed by atoms with Crippen LogP contribution >= 0.6 is 35.6 Å². The van der Waals surface area contributed by atoms with Crippen molar-refractivity contribution < 1.29 is 13.2 Å². The molecule has 0 aromatic heterocycles. The van der Waals surface area contributed by atoms with Gasteiger partial charge in [-0.15, -0.1) is 24.0 Å². The Morgan fingerprint density at radius 2 is 2.07 bits per heavy atom. The molecule has 154 valence electrons. The second-order valence-electron chi connectivity index (χ2n) is 7.01. The Morgan fingerprint density at radius 3 is 2.63 bits per heavy atom. The molecule has 0 aliphatic carbocycles. The summed E-state index contributed by atoms with van der Waals surface area (Å²) in [5.41, 5.74) is 0. The molecule has 1 atom stereocenters. The van der Waals surface area contributed by atoms with Gasteiger partial charge >= 0.3 is 0 Å². The number of hydrogen-bond donors (Lipinski definition) is 1. The summed E-state index contributed by atoms with van der Waals surface area (Å²) in [5.74, 6) is 1.48. The molecule has 1 aliphatic rings. The maximum absolute atomic E-state index is 12.2. The van der Waals surface area contributed by atoms with Crippen LogP contribution < -0.4 is 10.1 Å². The Bertz CT molecular complexity index is 756. The quantitative estimate of drug-likeness (QED) is 0.360. The van der Waals surface area contributed by atoms with Gasteiger partial charge in [-0.05, 0) is 32.4 Å². The Labute approximate surface area is 184 Å². The first kappa shape index (κ1) is 24.3. The monoisotopic (exact) mass is 529 g/mol. The molecule has 1 unspecified atom stereocenters. The highest BCUT2D eigenvalue weighted by Crippen LogP contribution is 2.25. The largest absolute Gasteiger partial charge is 0.487 e. The van der Waals surface area contributed by atoms with Crippen LogP contribution in [0.4, 0.5) is 0 Å². The molecule has 1 aromatic carbocycles. The summed E-state index contributed by atoms with van der Waals surface area (Å²) in [7, 11) is -1.38. The van der Waals surface area contributed by atoms with E-state index in [1.807, 2.05) is 30.0 Å². The van der Waals surface area contributed by atoms with Gasteiger partial charge in [-0.2, -0.15) is 0 Å². The summed E-state index contributed by atoms with van der Waals surface area (Å²) in [4.78, 5) is 6.30. The first-order valence-corrected chi connectivity index (χ1v) is 10.8. The van der Waals surface area contributed by atoms with Crippen LogP contribution in [0.25, 0.3) is 0 Å². The molecule has 9 heteroatoms. The third-order valence-corrected chi connectivity index (χ3v) is 7.47. The Kier molecular flexibility index (Phi) is 9.14. The number of halogens is 2. The van der Waals surface area contributed by atoms with Crippen molar-refractivity contribution in [3.8, 4) is 5.75 Å². The van der Waals surface area contributed by atoms with Crippen LogP contribution in [0.3, 0.4) is 0 Å². The predicted octanol–water partition coefficient (Wildman–Crippen LogP) is 3.20. The van der Waals surface area contributed by atoms with E-state index in [-0.39, 0.29) is 35.8 Å². The van der Waals surface area contributed by atoms with Gasteiger partial charge in [0.25, 0.3) is 0 Å². The smallest absolute Gasteiger partial charge is 0.193 e. The lowest BCUT2D eigenvalue weighted by Gasteiger charge is -2.39. The average molecular weight is 530 g/mol. The van der Waals surface area contributed by atoms with Gasteiger partial charge in [-0.3, -0.25) is 4.99 Å². The lowest BCUT2D eigenvalue weighted by molar-refractivity contribution is 0.198. The molecule has 2 rings (SSSR count). The molecule has 1 heterocycles. The molecule has 0 saturated carbocycles. The lowest BCUT2D eigenvalue weighted by Crippen LogP contribution is -2.57. The minimum absolute atomic E-state index is 0. The first-order chi connectivity index (χ1) is 12.2. The van der Waals surface area contributed by atoms with E-state index in [0.29, 0.717) is 36.4 Å². The zero-order valence-electron chi connectivity index (χ0n) is 16.2. The molecule has 0 bridgehead atoms. The van der Waals surface area contributed by atoms with E-state index in [1.165, 1.54) is 0 Å². The van der Waals surface area contributed by atoms with Gasteiger partial charge in [0.1, 0.15) is 11.9 Å². The van der Waals surface area contributed by atoms with Crippen molar-refractivity contribution >= 4 is 51.4 Å². The molecule has 1 fully saturated rings. The minimum Gasteiger partial charge on any atom is -0.487 e. The fourth-order valence-electron chi connectivity index (χ4n) is 2.85. The number of sulfone groups is 1. The SMILES string of the molecule is CCC(CNC(=NC)N1CCS(=O)(=O)C(C)(C)C1)Oc1ccccc1Cl.I. The zero-order valence-corrected chi connectivity index (χ0v) is 20.1. The second-order valence-corrected chi connectivity index (χ2v) is 10.2. The van der Waals surface area contributed by atoms with Crippen LogP contribution in [0, 0.1) is 0 Å². The third kappa shape index (κ3) is 6.12. The van der Waals surface area contributed by atoms with Crippen LogP contribution in [-0.2, 0) is 9.84 Å². The number of hydrogen-bond acceptors (Lipinski definition) is 4. The standard InChI is InChI=1S/C18H28ClN3O3S.HI/c1-5-14(25-16-9-7-6-8-15(16)19)12-21-17(20-4)22-10-11-26(23,24)18(2,3)13-22;/h6-9,14H,5,10-13H2,1-4H3,(H,20,21);1H. The fourth-order valence-corrected chi connectivity index (χ4v) is 4.40. The Morgan fingerprint density at radius 1 is 1.41 bits per heavy atom. The number of nitrogens with zero attached hydrogens (tertiary/aromatic N) is 2. The Hall–Kier alpha value is -0.740. The highest BCUT2D eigenvalue weighted by atomic mass is 127. The van der Waals surface area contributed by atoms with Crippen LogP contribution in [0.5, 0.6) is 5.75 Å². The minimum atomic E-state index is -3.08. The zero-order chi connectivity index (χ0) is 19.4. The summed E-state index contributed by atoms with van der Waals surface area (Å²) in [6.07, 6.45) is 0.725. The van der Waals surface area contributed by atoms with Gasteiger partial charge in [-0.1, -0.05) is 30.7 Å². The van der Waals surface area contributed by atoms with E-state index in [9.17, 15) is 8.42 Å². The van der Waals surface area contributed by atoms with Gasteiger partial charge in [-0.25, -0.2) is 8.42 Å². The van der Waals surface area contributed by atoms with Gasteiger partial charge in [0.15, 0.2) is 15.8 Å². The summed E-state index contributed by atoms with van der Waals surface area (Å²) in [6.45, 7) is 6.97. The number of benzene rings is 1. The maximum Gasteiger partial charge on any atom is 0.193 e. The van der Waals surface area contributed by atoms with Crippen LogP contribution in [-0.4, -0.2) is 62.6 Å². The van der Waals surface area contributed by atoms with Gasteiger partial charge in [0.05, 0.1) is 22.1 Å². The third-order valence-electron chi connectivity index (χ3n) is 4.63. The normalized spacial score (nSPS) is 19.7. The number of rotatable bonds is 5. The van der Waals surface area contributed by atoms with E-state index < -0.39 is 14.6 Å². The van der Waals surface area contributed by atoms with Gasteiger partial charge < -0.3 is 15.0 Å². The van der Waals surface area contributed by atoms with Crippen LogP contribution in [0.1, 0.15) is 27.2 Å². The summed E-state index contributed by atoms with van der Waals surface area (Å²) in [6, 6.07) is 7.39. The van der Waals surface area contributed by atoms with Crippen molar-refractivity contribution in [1.29, 1.82) is 0 Å². The van der Waals surface area contributed by atoms with E-state index in [4.69, 9.17) is 16.3 Å². The molecule has 0 spiro atoms. The highest BCUT2D eigenvalue weighted by Gasteiger charge is 2.41. The Balaban J connectivity index is 0.00000364. The van der Waals surface area contributed by atoms with E-state index in [0.717, 1.165) is 6.42 Å². The predicted molar refractivity (Wildman–Crippen MR) is 122 cm³/mol. The molecule has 27 heavy (non-hydrogen) atoms. The van der Waals surface area contributed by atoms with Crippen LogP contribution in [0.15, 0.2) is 29.3 Å². The molecular weight excluding hydrogens is 501 g/mol. The average Bonchev–Trinajstić information content (AvgIpc) is 2.59. The molecule has 1 aliphatic heterocycles. The number of nitrogens with one attached hydrogen (secondary N) is 1. The van der Waals surface area contributed by atoms with Gasteiger partial charge in [0.2, 0.25) is 0 Å². The molecule has 0 radical (unpaired) electrons. The van der Waals surface area contributed by atoms with Crippen molar-refractivity contribution in [3.63, 3.8) is 0 Å². The van der Waals surface area contributed by atoms with Crippen molar-refractivity contribution in [3.05, 3.63) is 29.3 Å². The molecule has 6 nitrogen and oxygen atoms in total. The topological polar surface area (TPSA) is 71.0 Å². The van der Waals surface area contributed by atoms with Gasteiger partial charge in [0, 0.05) is 20.1 Å². The summed E-state index contributed by atoms with van der Waals surface area (Å²) < 4.78 is 29.6. The molecule has 1 N–H and O–H groups in total. The highest BCUT2D eigenvalue weighted by molar-refractivity contribution is 14.0. The lowest BCUT2D eigenvalue weighted by atomic mass is 10.2.